The topological polar surface area (TPSA) is 72.7 Å². The molecule has 6 nitrogen and oxygen atoms in total. The smallest absolute Gasteiger partial charge is 0.309 e. The van der Waals surface area contributed by atoms with Crippen LogP contribution in [0.15, 0.2) is 54.6 Å². The zero-order valence-electron chi connectivity index (χ0n) is 14.1. The summed E-state index contributed by atoms with van der Waals surface area (Å²) in [6.07, 6.45) is 1.87. The fourth-order valence-corrected chi connectivity index (χ4v) is 4.08. The van der Waals surface area contributed by atoms with Crippen molar-refractivity contribution in [1.82, 2.24) is 19.1 Å². The Bertz CT molecular complexity index is 1110. The van der Waals surface area contributed by atoms with Gasteiger partial charge in [0, 0.05) is 22.3 Å². The molecular formula is C17H16BrClN4O2S. The lowest BCUT2D eigenvalue weighted by molar-refractivity contribution is 0.728. The van der Waals surface area contributed by atoms with Crippen molar-refractivity contribution >= 4 is 50.5 Å². The van der Waals surface area contributed by atoms with E-state index >= 15 is 0 Å². The molecule has 0 saturated carbocycles. The van der Waals surface area contributed by atoms with Gasteiger partial charge < -0.3 is 4.57 Å². The van der Waals surface area contributed by atoms with Crippen molar-refractivity contribution < 1.29 is 0 Å². The highest BCUT2D eigenvalue weighted by Gasteiger charge is 2.17. The molecule has 0 spiro atoms. The predicted molar refractivity (Wildman–Crippen MR) is 109 cm³/mol. The lowest BCUT2D eigenvalue weighted by Crippen LogP contribution is -2.29. The predicted octanol–water partition coefficient (Wildman–Crippen LogP) is 3.47. The molecule has 0 bridgehead atoms. The maximum Gasteiger partial charge on any atom is 0.329 e. The van der Waals surface area contributed by atoms with E-state index in [1.807, 2.05) is 34.9 Å². The third-order valence-electron chi connectivity index (χ3n) is 3.78. The fraction of sp³-hybridized carbons (Fsp3) is 0.235. The summed E-state index contributed by atoms with van der Waals surface area (Å²) < 4.78 is 4.13. The number of hydrogen-bond donors (Lipinski definition) is 1. The average molecular weight is 456 g/mol. The van der Waals surface area contributed by atoms with Crippen LogP contribution in [0.5, 0.6) is 0 Å². The van der Waals surface area contributed by atoms with Gasteiger partial charge in [0.1, 0.15) is 0 Å². The Kier molecular flexibility index (Phi) is 5.74. The van der Waals surface area contributed by atoms with E-state index in [1.54, 1.807) is 14.0 Å². The highest BCUT2D eigenvalue weighted by atomic mass is 79.9. The standard InChI is InChI=1S/C17H16BrClN4O2S/c1-10(19)6-7-26-17-20-14-13(15(24)21-16(25)22(14)2)23(17)9-11-4-3-5-12(18)8-11/h3-6,8H,7,9H2,1-2H3,(H,21,24,25)/b10-6+. The fourth-order valence-electron chi connectivity index (χ4n) is 2.52. The first-order chi connectivity index (χ1) is 12.4. The monoisotopic (exact) mass is 454 g/mol. The summed E-state index contributed by atoms with van der Waals surface area (Å²) in [6, 6.07) is 7.84. The minimum atomic E-state index is -0.484. The van der Waals surface area contributed by atoms with E-state index < -0.39 is 11.2 Å². The van der Waals surface area contributed by atoms with Gasteiger partial charge in [-0.1, -0.05) is 57.5 Å². The van der Waals surface area contributed by atoms with Crippen LogP contribution in [-0.4, -0.2) is 24.9 Å². The number of rotatable bonds is 5. The molecule has 0 radical (unpaired) electrons. The van der Waals surface area contributed by atoms with Crippen LogP contribution < -0.4 is 11.2 Å². The van der Waals surface area contributed by atoms with Gasteiger partial charge in [-0.25, -0.2) is 9.78 Å². The summed E-state index contributed by atoms with van der Waals surface area (Å²) in [6.45, 7) is 2.27. The molecule has 0 unspecified atom stereocenters. The van der Waals surface area contributed by atoms with Crippen LogP contribution in [0.1, 0.15) is 12.5 Å². The molecule has 0 atom stereocenters. The minimum absolute atomic E-state index is 0.364. The molecule has 1 aromatic carbocycles. The van der Waals surface area contributed by atoms with Crippen LogP contribution in [0, 0.1) is 0 Å². The van der Waals surface area contributed by atoms with E-state index in [0.717, 1.165) is 10.0 Å². The highest BCUT2D eigenvalue weighted by Crippen LogP contribution is 2.24. The lowest BCUT2D eigenvalue weighted by Gasteiger charge is -2.08. The Balaban J connectivity index is 2.16. The van der Waals surface area contributed by atoms with E-state index in [-0.39, 0.29) is 0 Å². The van der Waals surface area contributed by atoms with Crippen molar-refractivity contribution in [3.63, 3.8) is 0 Å². The number of benzene rings is 1. The maximum atomic E-state index is 12.4. The molecule has 0 fully saturated rings. The minimum Gasteiger partial charge on any atom is -0.309 e. The zero-order chi connectivity index (χ0) is 18.8. The number of aromatic nitrogens is 4. The van der Waals surface area contributed by atoms with Crippen LogP contribution in [0.4, 0.5) is 0 Å². The van der Waals surface area contributed by atoms with E-state index in [0.29, 0.717) is 33.7 Å². The Morgan fingerprint density at radius 3 is 2.88 bits per heavy atom. The third-order valence-corrected chi connectivity index (χ3v) is 5.33. The van der Waals surface area contributed by atoms with Crippen LogP contribution >= 0.6 is 39.3 Å². The van der Waals surface area contributed by atoms with Gasteiger partial charge in [0.15, 0.2) is 16.3 Å². The quantitative estimate of drug-likeness (QED) is 0.598. The average Bonchev–Trinajstić information content (AvgIpc) is 2.92. The van der Waals surface area contributed by atoms with Crippen molar-refractivity contribution in [2.45, 2.75) is 18.6 Å². The Morgan fingerprint density at radius 1 is 1.42 bits per heavy atom. The van der Waals surface area contributed by atoms with Gasteiger partial charge in [-0.05, 0) is 24.6 Å². The summed E-state index contributed by atoms with van der Waals surface area (Å²) >= 11 is 10.8. The summed E-state index contributed by atoms with van der Waals surface area (Å²) in [4.78, 5) is 31.2. The molecular weight excluding hydrogens is 440 g/mol. The highest BCUT2D eigenvalue weighted by molar-refractivity contribution is 9.10. The Labute approximate surface area is 167 Å². The number of imidazole rings is 1. The molecule has 1 N–H and O–H groups in total. The van der Waals surface area contributed by atoms with Crippen molar-refractivity contribution in [3.8, 4) is 0 Å². The summed E-state index contributed by atoms with van der Waals surface area (Å²) in [7, 11) is 1.59. The number of allylic oxidation sites excluding steroid dienone is 1. The molecule has 0 amide bonds. The summed E-state index contributed by atoms with van der Waals surface area (Å²) in [5.41, 5.74) is 0.825. The largest absolute Gasteiger partial charge is 0.329 e. The van der Waals surface area contributed by atoms with Crippen molar-refractivity contribution in [2.75, 3.05) is 5.75 Å². The molecule has 0 aliphatic heterocycles. The van der Waals surface area contributed by atoms with E-state index in [9.17, 15) is 9.59 Å². The van der Waals surface area contributed by atoms with Gasteiger partial charge in [0.05, 0.1) is 6.54 Å². The number of fused-ring (bicyclic) bond motifs is 1. The van der Waals surface area contributed by atoms with Gasteiger partial charge in [-0.15, -0.1) is 0 Å². The maximum absolute atomic E-state index is 12.4. The molecule has 2 aromatic heterocycles. The van der Waals surface area contributed by atoms with Crippen molar-refractivity contribution in [2.24, 2.45) is 7.05 Å². The number of thioether (sulfide) groups is 1. The van der Waals surface area contributed by atoms with Gasteiger partial charge in [-0.3, -0.25) is 14.3 Å². The molecule has 3 rings (SSSR count). The SMILES string of the molecule is C/C(Cl)=C\CSc1nc2c(c(=O)[nH]c(=O)n2C)n1Cc1cccc(Br)c1. The molecule has 0 saturated heterocycles. The summed E-state index contributed by atoms with van der Waals surface area (Å²) in [5.74, 6) is 0.614. The second-order valence-corrected chi connectivity index (χ2v) is 8.20. The number of hydrogen-bond acceptors (Lipinski definition) is 4. The van der Waals surface area contributed by atoms with E-state index in [4.69, 9.17) is 11.6 Å². The number of nitrogens with zero attached hydrogens (tertiary/aromatic N) is 3. The number of halogens is 2. The van der Waals surface area contributed by atoms with Crippen LogP contribution in [0.2, 0.25) is 0 Å². The van der Waals surface area contributed by atoms with Gasteiger partial charge in [0.2, 0.25) is 0 Å². The second-order valence-electron chi connectivity index (χ2n) is 5.70. The Hall–Kier alpha value is -1.77. The van der Waals surface area contributed by atoms with E-state index in [1.165, 1.54) is 16.3 Å². The zero-order valence-corrected chi connectivity index (χ0v) is 17.3. The molecule has 9 heteroatoms. The Morgan fingerprint density at radius 2 is 2.19 bits per heavy atom. The number of aryl methyl sites for hydroxylation is 1. The van der Waals surface area contributed by atoms with Gasteiger partial charge in [-0.2, -0.15) is 0 Å². The molecule has 136 valence electrons. The van der Waals surface area contributed by atoms with Crippen LogP contribution in [-0.2, 0) is 13.6 Å². The normalized spacial score (nSPS) is 12.1. The first-order valence-electron chi connectivity index (χ1n) is 7.76. The molecule has 3 aromatic rings. The first kappa shape index (κ1) is 19.0. The molecule has 0 aliphatic carbocycles. The molecule has 2 heterocycles. The molecule has 0 aliphatic rings. The second kappa shape index (κ2) is 7.85. The van der Waals surface area contributed by atoms with E-state index in [2.05, 4.69) is 25.9 Å². The lowest BCUT2D eigenvalue weighted by atomic mass is 10.2. The molecule has 26 heavy (non-hydrogen) atoms. The van der Waals surface area contributed by atoms with Crippen LogP contribution in [0.25, 0.3) is 11.2 Å². The summed E-state index contributed by atoms with van der Waals surface area (Å²) in [5, 5.41) is 1.35. The van der Waals surface area contributed by atoms with Gasteiger partial charge in [0.25, 0.3) is 5.56 Å². The third kappa shape index (κ3) is 3.97. The van der Waals surface area contributed by atoms with Crippen LogP contribution in [0.3, 0.4) is 0 Å². The number of aromatic amines is 1. The van der Waals surface area contributed by atoms with Crippen molar-refractivity contribution in [3.05, 3.63) is 66.2 Å². The number of H-pyrrole nitrogens is 1. The van der Waals surface area contributed by atoms with Gasteiger partial charge >= 0.3 is 5.69 Å². The number of nitrogens with one attached hydrogen (secondary N) is 1. The first-order valence-corrected chi connectivity index (χ1v) is 9.91. The van der Waals surface area contributed by atoms with Crippen molar-refractivity contribution in [1.29, 1.82) is 0 Å².